The molecule has 3 N–H and O–H groups in total. The molecule has 1 fully saturated rings. The van der Waals surface area contributed by atoms with Gasteiger partial charge in [0.05, 0.1) is 6.61 Å². The summed E-state index contributed by atoms with van der Waals surface area (Å²) in [5, 5.41) is 22.8. The minimum absolute atomic E-state index is 0.0277. The van der Waals surface area contributed by atoms with Crippen LogP contribution >= 0.6 is 0 Å². The lowest BCUT2D eigenvalue weighted by Gasteiger charge is -2.12. The van der Waals surface area contributed by atoms with E-state index in [2.05, 4.69) is 20.8 Å². The molecule has 0 radical (unpaired) electrons. The third-order valence-electron chi connectivity index (χ3n) is 3.17. The lowest BCUT2D eigenvalue weighted by Crippen LogP contribution is -2.24. The van der Waals surface area contributed by atoms with Crippen molar-refractivity contribution in [3.8, 4) is 0 Å². The SMILES string of the molecule is CCNC(=O)c1ccc(NCC2(CO)CC2)nn1. The van der Waals surface area contributed by atoms with Crippen molar-refractivity contribution in [1.29, 1.82) is 0 Å². The van der Waals surface area contributed by atoms with E-state index in [1.54, 1.807) is 12.1 Å². The Morgan fingerprint density at radius 1 is 1.44 bits per heavy atom. The number of carbonyl (C=O) groups is 1. The molecule has 6 heteroatoms. The standard InChI is InChI=1S/C12H18N4O2/c1-2-13-11(18)9-3-4-10(16-15-9)14-7-12(8-17)5-6-12/h3-4,17H,2,5-8H2,1H3,(H,13,18)(H,14,16). The minimum atomic E-state index is -0.217. The van der Waals surface area contributed by atoms with Gasteiger partial charge >= 0.3 is 0 Å². The molecule has 1 aliphatic carbocycles. The van der Waals surface area contributed by atoms with Gasteiger partial charge in [-0.2, -0.15) is 0 Å². The fraction of sp³-hybridized carbons (Fsp3) is 0.583. The van der Waals surface area contributed by atoms with E-state index in [1.165, 1.54) is 0 Å². The molecule has 6 nitrogen and oxygen atoms in total. The number of hydrogen-bond acceptors (Lipinski definition) is 5. The van der Waals surface area contributed by atoms with Crippen LogP contribution in [0.3, 0.4) is 0 Å². The van der Waals surface area contributed by atoms with Gasteiger partial charge in [0.2, 0.25) is 0 Å². The molecular weight excluding hydrogens is 232 g/mol. The molecule has 0 saturated heterocycles. The molecule has 98 valence electrons. The van der Waals surface area contributed by atoms with Crippen LogP contribution < -0.4 is 10.6 Å². The molecular formula is C12H18N4O2. The molecule has 18 heavy (non-hydrogen) atoms. The largest absolute Gasteiger partial charge is 0.396 e. The molecule has 0 aromatic carbocycles. The number of aliphatic hydroxyl groups excluding tert-OH is 1. The van der Waals surface area contributed by atoms with Gasteiger partial charge in [-0.05, 0) is 31.9 Å². The van der Waals surface area contributed by atoms with Gasteiger partial charge in [0.15, 0.2) is 5.69 Å². The van der Waals surface area contributed by atoms with Crippen LogP contribution in [-0.2, 0) is 0 Å². The number of amides is 1. The highest BCUT2D eigenvalue weighted by Gasteiger charge is 2.41. The molecule has 0 unspecified atom stereocenters. The molecule has 0 aliphatic heterocycles. The summed E-state index contributed by atoms with van der Waals surface area (Å²) in [7, 11) is 0. The Morgan fingerprint density at radius 3 is 2.72 bits per heavy atom. The van der Waals surface area contributed by atoms with Gasteiger partial charge in [0, 0.05) is 18.5 Å². The second-order valence-corrected chi connectivity index (χ2v) is 4.67. The number of hydrogen-bond donors (Lipinski definition) is 3. The van der Waals surface area contributed by atoms with E-state index in [0.717, 1.165) is 12.8 Å². The van der Waals surface area contributed by atoms with Crippen molar-refractivity contribution in [2.45, 2.75) is 19.8 Å². The van der Waals surface area contributed by atoms with Crippen molar-refractivity contribution in [2.75, 3.05) is 25.0 Å². The van der Waals surface area contributed by atoms with E-state index < -0.39 is 0 Å². The van der Waals surface area contributed by atoms with Crippen LogP contribution in [0, 0.1) is 5.41 Å². The number of nitrogens with one attached hydrogen (secondary N) is 2. The van der Waals surface area contributed by atoms with Crippen LogP contribution in [0.5, 0.6) is 0 Å². The van der Waals surface area contributed by atoms with E-state index in [4.69, 9.17) is 0 Å². The lowest BCUT2D eigenvalue weighted by molar-refractivity contribution is 0.0950. The monoisotopic (exact) mass is 250 g/mol. The summed E-state index contributed by atoms with van der Waals surface area (Å²) in [4.78, 5) is 11.5. The van der Waals surface area contributed by atoms with Crippen molar-refractivity contribution in [2.24, 2.45) is 5.41 Å². The Bertz CT molecular complexity index is 415. The smallest absolute Gasteiger partial charge is 0.271 e. The van der Waals surface area contributed by atoms with Crippen LogP contribution in [0.1, 0.15) is 30.3 Å². The predicted octanol–water partition coefficient (Wildman–Crippen LogP) is 0.411. The zero-order valence-electron chi connectivity index (χ0n) is 10.4. The van der Waals surface area contributed by atoms with Gasteiger partial charge in [-0.3, -0.25) is 4.79 Å². The summed E-state index contributed by atoms with van der Waals surface area (Å²) >= 11 is 0. The first kappa shape index (κ1) is 12.8. The second-order valence-electron chi connectivity index (χ2n) is 4.67. The molecule has 1 aromatic heterocycles. The molecule has 1 saturated carbocycles. The Morgan fingerprint density at radius 2 is 2.22 bits per heavy atom. The zero-order chi connectivity index (χ0) is 13.0. The Kier molecular flexibility index (Phi) is 3.76. The first-order valence-electron chi connectivity index (χ1n) is 6.16. The number of aliphatic hydroxyl groups is 1. The minimum Gasteiger partial charge on any atom is -0.396 e. The molecule has 1 heterocycles. The maximum atomic E-state index is 11.5. The third kappa shape index (κ3) is 2.95. The highest BCUT2D eigenvalue weighted by atomic mass is 16.3. The second kappa shape index (κ2) is 5.30. The first-order chi connectivity index (χ1) is 8.69. The van der Waals surface area contributed by atoms with Crippen molar-refractivity contribution >= 4 is 11.7 Å². The summed E-state index contributed by atoms with van der Waals surface area (Å²) in [5.41, 5.74) is 0.339. The number of nitrogens with zero attached hydrogens (tertiary/aromatic N) is 2. The molecule has 2 rings (SSSR count). The summed E-state index contributed by atoms with van der Waals surface area (Å²) < 4.78 is 0. The van der Waals surface area contributed by atoms with E-state index in [9.17, 15) is 9.90 Å². The van der Waals surface area contributed by atoms with Gasteiger partial charge in [-0.15, -0.1) is 10.2 Å². The van der Waals surface area contributed by atoms with Crippen LogP contribution in [0.4, 0.5) is 5.82 Å². The molecule has 0 atom stereocenters. The number of anilines is 1. The maximum absolute atomic E-state index is 11.5. The predicted molar refractivity (Wildman–Crippen MR) is 67.3 cm³/mol. The average molecular weight is 250 g/mol. The van der Waals surface area contributed by atoms with E-state index in [0.29, 0.717) is 24.6 Å². The normalized spacial score (nSPS) is 16.1. The van der Waals surface area contributed by atoms with E-state index in [-0.39, 0.29) is 17.9 Å². The Hall–Kier alpha value is -1.69. The number of rotatable bonds is 6. The summed E-state index contributed by atoms with van der Waals surface area (Å²) in [6, 6.07) is 3.36. The quantitative estimate of drug-likeness (QED) is 0.680. The van der Waals surface area contributed by atoms with Crippen LogP contribution in [0.25, 0.3) is 0 Å². The van der Waals surface area contributed by atoms with Crippen molar-refractivity contribution in [3.63, 3.8) is 0 Å². The fourth-order valence-corrected chi connectivity index (χ4v) is 1.64. The fourth-order valence-electron chi connectivity index (χ4n) is 1.64. The van der Waals surface area contributed by atoms with Crippen molar-refractivity contribution in [1.82, 2.24) is 15.5 Å². The van der Waals surface area contributed by atoms with Crippen LogP contribution in [0.2, 0.25) is 0 Å². The van der Waals surface area contributed by atoms with Crippen LogP contribution in [0.15, 0.2) is 12.1 Å². The van der Waals surface area contributed by atoms with Crippen molar-refractivity contribution < 1.29 is 9.90 Å². The molecule has 0 bridgehead atoms. The van der Waals surface area contributed by atoms with Gasteiger partial charge in [0.25, 0.3) is 5.91 Å². The average Bonchev–Trinajstić information content (AvgIpc) is 3.18. The molecule has 1 aliphatic rings. The number of aromatic nitrogens is 2. The van der Waals surface area contributed by atoms with Gasteiger partial charge < -0.3 is 15.7 Å². The van der Waals surface area contributed by atoms with Gasteiger partial charge in [-0.1, -0.05) is 0 Å². The van der Waals surface area contributed by atoms with Crippen LogP contribution in [-0.4, -0.2) is 40.9 Å². The lowest BCUT2D eigenvalue weighted by atomic mass is 10.1. The Labute approximate surface area is 106 Å². The topological polar surface area (TPSA) is 87.1 Å². The molecule has 1 aromatic rings. The first-order valence-corrected chi connectivity index (χ1v) is 6.16. The van der Waals surface area contributed by atoms with Gasteiger partial charge in [0.1, 0.15) is 5.82 Å². The molecule has 1 amide bonds. The highest BCUT2D eigenvalue weighted by Crippen LogP contribution is 2.44. The summed E-state index contributed by atoms with van der Waals surface area (Å²) in [6.07, 6.45) is 2.09. The summed E-state index contributed by atoms with van der Waals surface area (Å²) in [5.74, 6) is 0.411. The summed E-state index contributed by atoms with van der Waals surface area (Å²) in [6.45, 7) is 3.31. The van der Waals surface area contributed by atoms with Gasteiger partial charge in [-0.25, -0.2) is 0 Å². The Balaban J connectivity index is 1.89. The van der Waals surface area contributed by atoms with Crippen molar-refractivity contribution in [3.05, 3.63) is 17.8 Å². The number of carbonyl (C=O) groups excluding carboxylic acids is 1. The maximum Gasteiger partial charge on any atom is 0.271 e. The van der Waals surface area contributed by atoms with E-state index in [1.807, 2.05) is 6.92 Å². The highest BCUT2D eigenvalue weighted by molar-refractivity contribution is 5.92. The zero-order valence-corrected chi connectivity index (χ0v) is 10.4. The third-order valence-corrected chi connectivity index (χ3v) is 3.17. The molecule has 0 spiro atoms. The van der Waals surface area contributed by atoms with E-state index >= 15 is 0 Å².